The van der Waals surface area contributed by atoms with Crippen molar-refractivity contribution in [3.63, 3.8) is 0 Å². The van der Waals surface area contributed by atoms with E-state index in [0.29, 0.717) is 6.54 Å². The maximum Gasteiger partial charge on any atom is 0.0471 e. The van der Waals surface area contributed by atoms with Crippen LogP contribution in [0.3, 0.4) is 0 Å². The molecule has 1 aliphatic heterocycles. The van der Waals surface area contributed by atoms with Crippen molar-refractivity contribution < 1.29 is 0 Å². The SMILES string of the molecule is NCc1c(Cl)cccc1N1CCCc2ccccc2C1. The zero-order chi connectivity index (χ0) is 13.9. The monoisotopic (exact) mass is 286 g/mol. The van der Waals surface area contributed by atoms with Crippen LogP contribution in [-0.2, 0) is 19.5 Å². The first kappa shape index (κ1) is 13.5. The summed E-state index contributed by atoms with van der Waals surface area (Å²) in [4.78, 5) is 2.40. The summed E-state index contributed by atoms with van der Waals surface area (Å²) in [6.45, 7) is 2.46. The number of rotatable bonds is 2. The second-order valence-corrected chi connectivity index (χ2v) is 5.64. The quantitative estimate of drug-likeness (QED) is 0.911. The molecule has 0 spiro atoms. The highest BCUT2D eigenvalue weighted by atomic mass is 35.5. The molecule has 0 aliphatic carbocycles. The first-order valence-corrected chi connectivity index (χ1v) is 7.46. The van der Waals surface area contributed by atoms with Gasteiger partial charge in [0.1, 0.15) is 0 Å². The Morgan fingerprint density at radius 1 is 1.05 bits per heavy atom. The largest absolute Gasteiger partial charge is 0.367 e. The first-order valence-electron chi connectivity index (χ1n) is 7.09. The van der Waals surface area contributed by atoms with Crippen molar-refractivity contribution in [1.82, 2.24) is 0 Å². The zero-order valence-electron chi connectivity index (χ0n) is 11.5. The van der Waals surface area contributed by atoms with Gasteiger partial charge in [-0.2, -0.15) is 0 Å². The Morgan fingerprint density at radius 3 is 2.65 bits per heavy atom. The maximum absolute atomic E-state index is 6.28. The third-order valence-corrected chi connectivity index (χ3v) is 4.35. The van der Waals surface area contributed by atoms with Crippen molar-refractivity contribution in [1.29, 1.82) is 0 Å². The molecule has 2 N–H and O–H groups in total. The van der Waals surface area contributed by atoms with E-state index in [1.807, 2.05) is 12.1 Å². The summed E-state index contributed by atoms with van der Waals surface area (Å²) >= 11 is 6.28. The van der Waals surface area contributed by atoms with E-state index in [0.717, 1.165) is 36.5 Å². The van der Waals surface area contributed by atoms with Crippen LogP contribution < -0.4 is 10.6 Å². The number of anilines is 1. The fourth-order valence-electron chi connectivity index (χ4n) is 2.95. The van der Waals surface area contributed by atoms with Gasteiger partial charge in [-0.3, -0.25) is 0 Å². The number of nitrogens with two attached hydrogens (primary N) is 1. The average molecular weight is 287 g/mol. The van der Waals surface area contributed by atoms with Crippen LogP contribution in [0.5, 0.6) is 0 Å². The van der Waals surface area contributed by atoms with Gasteiger partial charge in [-0.15, -0.1) is 0 Å². The fourth-order valence-corrected chi connectivity index (χ4v) is 3.20. The van der Waals surface area contributed by atoms with Gasteiger partial charge in [0.05, 0.1) is 0 Å². The predicted octanol–water partition coefficient (Wildman–Crippen LogP) is 3.75. The molecule has 0 aromatic heterocycles. The van der Waals surface area contributed by atoms with E-state index in [1.165, 1.54) is 16.8 Å². The van der Waals surface area contributed by atoms with Crippen molar-refractivity contribution >= 4 is 17.3 Å². The van der Waals surface area contributed by atoms with Crippen LogP contribution >= 0.6 is 11.6 Å². The van der Waals surface area contributed by atoms with E-state index >= 15 is 0 Å². The summed E-state index contributed by atoms with van der Waals surface area (Å²) in [5.41, 5.74) is 11.0. The summed E-state index contributed by atoms with van der Waals surface area (Å²) in [6, 6.07) is 14.7. The number of hydrogen-bond donors (Lipinski definition) is 1. The smallest absolute Gasteiger partial charge is 0.0471 e. The summed E-state index contributed by atoms with van der Waals surface area (Å²) < 4.78 is 0. The molecule has 2 nitrogen and oxygen atoms in total. The van der Waals surface area contributed by atoms with Gasteiger partial charge < -0.3 is 10.6 Å². The lowest BCUT2D eigenvalue weighted by molar-refractivity contribution is 0.760. The van der Waals surface area contributed by atoms with Crippen molar-refractivity contribution in [3.05, 3.63) is 64.2 Å². The van der Waals surface area contributed by atoms with Crippen molar-refractivity contribution in [3.8, 4) is 0 Å². The highest BCUT2D eigenvalue weighted by Gasteiger charge is 2.17. The van der Waals surface area contributed by atoms with Crippen LogP contribution in [0.25, 0.3) is 0 Å². The van der Waals surface area contributed by atoms with E-state index < -0.39 is 0 Å². The van der Waals surface area contributed by atoms with Gasteiger partial charge in [-0.05, 0) is 36.1 Å². The topological polar surface area (TPSA) is 29.3 Å². The van der Waals surface area contributed by atoms with Gasteiger partial charge in [-0.25, -0.2) is 0 Å². The Labute approximate surface area is 125 Å². The van der Waals surface area contributed by atoms with Crippen LogP contribution in [0.15, 0.2) is 42.5 Å². The van der Waals surface area contributed by atoms with Crippen LogP contribution in [-0.4, -0.2) is 6.54 Å². The Bertz CT molecular complexity index is 610. The lowest BCUT2D eigenvalue weighted by Crippen LogP contribution is -2.24. The number of nitrogens with zero attached hydrogens (tertiary/aromatic N) is 1. The number of fused-ring (bicyclic) bond motifs is 1. The zero-order valence-corrected chi connectivity index (χ0v) is 12.2. The van der Waals surface area contributed by atoms with E-state index in [4.69, 9.17) is 17.3 Å². The molecule has 0 fully saturated rings. The molecule has 3 heteroatoms. The normalized spacial score (nSPS) is 14.8. The van der Waals surface area contributed by atoms with Gasteiger partial charge in [-0.1, -0.05) is 41.9 Å². The molecule has 0 atom stereocenters. The number of aryl methyl sites for hydroxylation is 1. The van der Waals surface area contributed by atoms with Crippen molar-refractivity contribution in [2.75, 3.05) is 11.4 Å². The minimum atomic E-state index is 0.479. The summed E-state index contributed by atoms with van der Waals surface area (Å²) in [7, 11) is 0. The predicted molar refractivity (Wildman–Crippen MR) is 85.2 cm³/mol. The number of halogens is 1. The molecule has 0 unspecified atom stereocenters. The van der Waals surface area contributed by atoms with Crippen molar-refractivity contribution in [2.45, 2.75) is 25.9 Å². The average Bonchev–Trinajstić information content (AvgIpc) is 2.69. The molecule has 0 bridgehead atoms. The van der Waals surface area contributed by atoms with Gasteiger partial charge in [0.2, 0.25) is 0 Å². The molecule has 0 saturated carbocycles. The van der Waals surface area contributed by atoms with Crippen LogP contribution in [0.1, 0.15) is 23.1 Å². The maximum atomic E-state index is 6.28. The van der Waals surface area contributed by atoms with Gasteiger partial charge >= 0.3 is 0 Å². The number of hydrogen-bond acceptors (Lipinski definition) is 2. The van der Waals surface area contributed by atoms with E-state index in [2.05, 4.69) is 35.2 Å². The fraction of sp³-hybridized carbons (Fsp3) is 0.294. The highest BCUT2D eigenvalue weighted by Crippen LogP contribution is 2.30. The summed E-state index contributed by atoms with van der Waals surface area (Å²) in [6.07, 6.45) is 2.30. The second kappa shape index (κ2) is 5.86. The minimum absolute atomic E-state index is 0.479. The molecule has 1 aliphatic rings. The standard InChI is InChI=1S/C17H19ClN2/c18-16-8-3-9-17(15(16)11-19)20-10-4-7-13-5-1-2-6-14(13)12-20/h1-3,5-6,8-9H,4,7,10-12,19H2. The Hall–Kier alpha value is -1.51. The minimum Gasteiger partial charge on any atom is -0.367 e. The molecule has 0 radical (unpaired) electrons. The van der Waals surface area contributed by atoms with E-state index in [-0.39, 0.29) is 0 Å². The third kappa shape index (κ3) is 2.54. The van der Waals surface area contributed by atoms with Gasteiger partial charge in [0, 0.05) is 35.9 Å². The molecule has 2 aromatic carbocycles. The molecular weight excluding hydrogens is 268 g/mol. The van der Waals surface area contributed by atoms with E-state index in [1.54, 1.807) is 0 Å². The lowest BCUT2D eigenvalue weighted by Gasteiger charge is -2.26. The molecule has 104 valence electrons. The molecule has 1 heterocycles. The molecule has 0 saturated heterocycles. The molecule has 2 aromatic rings. The molecule has 3 rings (SSSR count). The summed E-state index contributed by atoms with van der Waals surface area (Å²) in [5.74, 6) is 0. The van der Waals surface area contributed by atoms with Crippen LogP contribution in [0, 0.1) is 0 Å². The highest BCUT2D eigenvalue weighted by molar-refractivity contribution is 6.31. The third-order valence-electron chi connectivity index (χ3n) is 3.99. The molecule has 20 heavy (non-hydrogen) atoms. The van der Waals surface area contributed by atoms with Crippen molar-refractivity contribution in [2.24, 2.45) is 5.73 Å². The first-order chi connectivity index (χ1) is 9.79. The van der Waals surface area contributed by atoms with E-state index in [9.17, 15) is 0 Å². The number of benzene rings is 2. The van der Waals surface area contributed by atoms with Crippen LogP contribution in [0.4, 0.5) is 5.69 Å². The lowest BCUT2D eigenvalue weighted by atomic mass is 10.0. The Morgan fingerprint density at radius 2 is 1.85 bits per heavy atom. The van der Waals surface area contributed by atoms with Gasteiger partial charge in [0.15, 0.2) is 0 Å². The second-order valence-electron chi connectivity index (χ2n) is 5.24. The molecule has 0 amide bonds. The van der Waals surface area contributed by atoms with Gasteiger partial charge in [0.25, 0.3) is 0 Å². The van der Waals surface area contributed by atoms with Crippen LogP contribution in [0.2, 0.25) is 5.02 Å². The summed E-state index contributed by atoms with van der Waals surface area (Å²) in [5, 5.41) is 0.766. The Balaban J connectivity index is 1.98. The molecular formula is C17H19ClN2. The Kier molecular flexibility index (Phi) is 3.95.